The normalized spacial score (nSPS) is 14.4. The fourth-order valence-electron chi connectivity index (χ4n) is 2.10. The van der Waals surface area contributed by atoms with Gasteiger partial charge in [-0.1, -0.05) is 50.2 Å². The van der Waals surface area contributed by atoms with Crippen molar-refractivity contribution in [2.24, 2.45) is 0 Å². The first-order chi connectivity index (χ1) is 9.58. The quantitative estimate of drug-likeness (QED) is 0.850. The summed E-state index contributed by atoms with van der Waals surface area (Å²) in [6, 6.07) is 14.4. The number of ether oxygens (including phenoxy) is 1. The van der Waals surface area contributed by atoms with Crippen molar-refractivity contribution in [3.05, 3.63) is 42.5 Å². The summed E-state index contributed by atoms with van der Waals surface area (Å²) in [4.78, 5) is 0. The third kappa shape index (κ3) is 3.71. The summed E-state index contributed by atoms with van der Waals surface area (Å²) >= 11 is 0. The highest BCUT2D eigenvalue weighted by atomic mass is 16.5. The molecule has 0 spiro atoms. The Labute approximate surface area is 120 Å². The number of aliphatic hydroxyl groups excluding tert-OH is 1. The van der Waals surface area contributed by atoms with Gasteiger partial charge in [-0.05, 0) is 18.4 Å². The number of hydrogen-bond acceptors (Lipinski definition) is 3. The Kier molecular flexibility index (Phi) is 4.99. The standard InChI is InChI=1S/C17H23NO2/c1-12(2)18-11-16(19)13(3)20-17-10-6-8-14-7-4-5-9-15(14)17/h4-10,12-13,16,18-19H,11H2,1-3H3. The van der Waals surface area contributed by atoms with E-state index in [2.05, 4.69) is 31.3 Å². The number of nitrogens with one attached hydrogen (secondary N) is 1. The first-order valence-corrected chi connectivity index (χ1v) is 7.14. The zero-order chi connectivity index (χ0) is 14.5. The molecular weight excluding hydrogens is 250 g/mol. The van der Waals surface area contributed by atoms with Crippen LogP contribution in [0.25, 0.3) is 10.8 Å². The van der Waals surface area contributed by atoms with Gasteiger partial charge in [0.2, 0.25) is 0 Å². The van der Waals surface area contributed by atoms with Crippen LogP contribution in [-0.2, 0) is 0 Å². The van der Waals surface area contributed by atoms with E-state index in [1.54, 1.807) is 0 Å². The third-order valence-electron chi connectivity index (χ3n) is 3.34. The fraction of sp³-hybridized carbons (Fsp3) is 0.412. The Hall–Kier alpha value is -1.58. The molecule has 0 aromatic heterocycles. The van der Waals surface area contributed by atoms with Crippen LogP contribution in [0, 0.1) is 0 Å². The van der Waals surface area contributed by atoms with Crippen LogP contribution in [0.3, 0.4) is 0 Å². The molecule has 2 N–H and O–H groups in total. The summed E-state index contributed by atoms with van der Waals surface area (Å²) in [6.45, 7) is 6.55. The van der Waals surface area contributed by atoms with Crippen LogP contribution in [0.15, 0.2) is 42.5 Å². The summed E-state index contributed by atoms with van der Waals surface area (Å²) in [5.41, 5.74) is 0. The number of rotatable bonds is 6. The molecule has 0 aliphatic rings. The minimum Gasteiger partial charge on any atom is -0.487 e. The van der Waals surface area contributed by atoms with Gasteiger partial charge in [0.1, 0.15) is 18.0 Å². The van der Waals surface area contributed by atoms with Crippen LogP contribution in [0.5, 0.6) is 5.75 Å². The van der Waals surface area contributed by atoms with E-state index in [1.165, 1.54) is 0 Å². The van der Waals surface area contributed by atoms with Gasteiger partial charge in [0, 0.05) is 18.0 Å². The molecule has 0 amide bonds. The molecule has 2 aromatic carbocycles. The Morgan fingerprint density at radius 3 is 2.50 bits per heavy atom. The predicted octanol–water partition coefficient (Wildman–Crippen LogP) is 2.97. The van der Waals surface area contributed by atoms with E-state index in [0.717, 1.165) is 16.5 Å². The Morgan fingerprint density at radius 2 is 1.75 bits per heavy atom. The highest BCUT2D eigenvalue weighted by Gasteiger charge is 2.16. The molecule has 0 heterocycles. The van der Waals surface area contributed by atoms with Crippen LogP contribution >= 0.6 is 0 Å². The SMILES string of the molecule is CC(C)NCC(O)C(C)Oc1cccc2ccccc12. The first kappa shape index (κ1) is 14.8. The maximum Gasteiger partial charge on any atom is 0.127 e. The molecule has 0 radical (unpaired) electrons. The molecule has 3 heteroatoms. The number of fused-ring (bicyclic) bond motifs is 1. The zero-order valence-electron chi connectivity index (χ0n) is 12.3. The average molecular weight is 273 g/mol. The van der Waals surface area contributed by atoms with Crippen molar-refractivity contribution < 1.29 is 9.84 Å². The van der Waals surface area contributed by atoms with Crippen molar-refractivity contribution in [3.8, 4) is 5.75 Å². The van der Waals surface area contributed by atoms with Crippen LogP contribution in [0.2, 0.25) is 0 Å². The van der Waals surface area contributed by atoms with Crippen molar-refractivity contribution in [1.82, 2.24) is 5.32 Å². The number of aliphatic hydroxyl groups is 1. The molecule has 0 fully saturated rings. The van der Waals surface area contributed by atoms with E-state index in [1.807, 2.05) is 37.3 Å². The largest absolute Gasteiger partial charge is 0.487 e. The zero-order valence-corrected chi connectivity index (χ0v) is 12.3. The Morgan fingerprint density at radius 1 is 1.05 bits per heavy atom. The average Bonchev–Trinajstić information content (AvgIpc) is 2.45. The molecule has 2 rings (SSSR count). The van der Waals surface area contributed by atoms with Crippen LogP contribution in [0.1, 0.15) is 20.8 Å². The smallest absolute Gasteiger partial charge is 0.127 e. The first-order valence-electron chi connectivity index (χ1n) is 7.14. The van der Waals surface area contributed by atoms with E-state index >= 15 is 0 Å². The second-order valence-electron chi connectivity index (χ2n) is 5.43. The molecule has 108 valence electrons. The Balaban J connectivity index is 2.07. The van der Waals surface area contributed by atoms with Crippen molar-refractivity contribution in [3.63, 3.8) is 0 Å². The van der Waals surface area contributed by atoms with Gasteiger partial charge in [-0.3, -0.25) is 0 Å². The van der Waals surface area contributed by atoms with Gasteiger partial charge in [0.05, 0.1) is 0 Å². The summed E-state index contributed by atoms with van der Waals surface area (Å²) in [7, 11) is 0. The third-order valence-corrected chi connectivity index (χ3v) is 3.34. The molecule has 2 unspecified atom stereocenters. The van der Waals surface area contributed by atoms with Gasteiger partial charge in [0.15, 0.2) is 0 Å². The van der Waals surface area contributed by atoms with E-state index in [0.29, 0.717) is 12.6 Å². The van der Waals surface area contributed by atoms with Crippen molar-refractivity contribution in [1.29, 1.82) is 0 Å². The van der Waals surface area contributed by atoms with Crippen LogP contribution in [0.4, 0.5) is 0 Å². The van der Waals surface area contributed by atoms with Crippen LogP contribution < -0.4 is 10.1 Å². The van der Waals surface area contributed by atoms with Gasteiger partial charge in [-0.25, -0.2) is 0 Å². The van der Waals surface area contributed by atoms with E-state index in [4.69, 9.17) is 4.74 Å². The van der Waals surface area contributed by atoms with E-state index in [-0.39, 0.29) is 6.10 Å². The maximum atomic E-state index is 10.1. The minimum absolute atomic E-state index is 0.257. The Bertz CT molecular complexity index is 548. The number of benzene rings is 2. The molecule has 0 aliphatic heterocycles. The van der Waals surface area contributed by atoms with Gasteiger partial charge >= 0.3 is 0 Å². The molecule has 0 bridgehead atoms. The molecule has 2 atom stereocenters. The summed E-state index contributed by atoms with van der Waals surface area (Å²) in [6.07, 6.45) is -0.788. The lowest BCUT2D eigenvalue weighted by Crippen LogP contribution is -2.40. The van der Waals surface area contributed by atoms with Gasteiger partial charge < -0.3 is 15.2 Å². The lowest BCUT2D eigenvalue weighted by molar-refractivity contribution is 0.0473. The highest BCUT2D eigenvalue weighted by Crippen LogP contribution is 2.26. The van der Waals surface area contributed by atoms with Gasteiger partial charge in [-0.15, -0.1) is 0 Å². The predicted molar refractivity (Wildman–Crippen MR) is 83.2 cm³/mol. The molecular formula is C17H23NO2. The number of hydrogen-bond donors (Lipinski definition) is 2. The molecule has 0 saturated heterocycles. The van der Waals surface area contributed by atoms with Gasteiger partial charge in [0.25, 0.3) is 0 Å². The molecule has 2 aromatic rings. The highest BCUT2D eigenvalue weighted by molar-refractivity contribution is 5.88. The lowest BCUT2D eigenvalue weighted by atomic mass is 10.1. The fourth-order valence-corrected chi connectivity index (χ4v) is 2.10. The molecule has 3 nitrogen and oxygen atoms in total. The lowest BCUT2D eigenvalue weighted by Gasteiger charge is -2.22. The minimum atomic E-state index is -0.531. The van der Waals surface area contributed by atoms with Crippen molar-refractivity contribution in [2.45, 2.75) is 39.0 Å². The molecule has 20 heavy (non-hydrogen) atoms. The summed E-state index contributed by atoms with van der Waals surface area (Å²) < 4.78 is 5.93. The van der Waals surface area contributed by atoms with Crippen molar-refractivity contribution >= 4 is 10.8 Å². The van der Waals surface area contributed by atoms with E-state index < -0.39 is 6.10 Å². The summed E-state index contributed by atoms with van der Waals surface area (Å²) in [5, 5.41) is 15.6. The van der Waals surface area contributed by atoms with Crippen LogP contribution in [-0.4, -0.2) is 29.9 Å². The maximum absolute atomic E-state index is 10.1. The monoisotopic (exact) mass is 273 g/mol. The molecule has 0 aliphatic carbocycles. The van der Waals surface area contributed by atoms with Crippen molar-refractivity contribution in [2.75, 3.05) is 6.54 Å². The summed E-state index contributed by atoms with van der Waals surface area (Å²) in [5.74, 6) is 0.819. The second-order valence-corrected chi connectivity index (χ2v) is 5.43. The second kappa shape index (κ2) is 6.73. The van der Waals surface area contributed by atoms with E-state index in [9.17, 15) is 5.11 Å². The van der Waals surface area contributed by atoms with Gasteiger partial charge in [-0.2, -0.15) is 0 Å². The molecule has 0 saturated carbocycles. The topological polar surface area (TPSA) is 41.5 Å².